The molecule has 2 unspecified atom stereocenters. The van der Waals surface area contributed by atoms with Gasteiger partial charge in [-0.05, 0) is 8.39 Å². The molecule has 0 spiro atoms. The summed E-state index contributed by atoms with van der Waals surface area (Å²) >= 11 is 0. The van der Waals surface area contributed by atoms with E-state index in [2.05, 4.69) is 9.47 Å². The van der Waals surface area contributed by atoms with E-state index in [0.29, 0.717) is 0 Å². The van der Waals surface area contributed by atoms with Gasteiger partial charge in [0.25, 0.3) is 0 Å². The van der Waals surface area contributed by atoms with Gasteiger partial charge in [-0.15, -0.1) is 0 Å². The van der Waals surface area contributed by atoms with Crippen molar-refractivity contribution in [3.8, 4) is 0 Å². The molecule has 2 saturated heterocycles. The first-order valence-corrected chi connectivity index (χ1v) is 4.75. The second kappa shape index (κ2) is 1.76. The Kier molecular flexibility index (Phi) is 1.15. The first-order valence-electron chi connectivity index (χ1n) is 3.11. The third-order valence-corrected chi connectivity index (χ3v) is 4.38. The van der Waals surface area contributed by atoms with Crippen LogP contribution in [0.4, 0.5) is 8.39 Å². The van der Waals surface area contributed by atoms with Crippen molar-refractivity contribution in [3.63, 3.8) is 0 Å². The molecule has 2 aliphatic rings. The van der Waals surface area contributed by atoms with Crippen LogP contribution in [0.3, 0.4) is 0 Å². The Labute approximate surface area is 66.4 Å². The Hall–Kier alpha value is -0.770. The minimum atomic E-state index is -4.37. The summed E-state index contributed by atoms with van der Waals surface area (Å²) < 4.78 is 34.0. The number of halogens is 2. The first kappa shape index (κ1) is 7.86. The minimum absolute atomic E-state index is 1.08. The molecule has 0 aromatic heterocycles. The summed E-state index contributed by atoms with van der Waals surface area (Å²) in [7, 11) is -4.37. The van der Waals surface area contributed by atoms with Crippen LogP contribution in [-0.4, -0.2) is 23.1 Å². The predicted octanol–water partition coefficient (Wildman–Crippen LogP) is 0.929. The highest BCUT2D eigenvalue weighted by Crippen LogP contribution is 2.94. The lowest BCUT2D eigenvalue weighted by molar-refractivity contribution is -0.183. The fraction of sp³-hybridized carbons (Fsp3) is 0.600. The SMILES string of the molecule is CC12OC(=O)C(=O)OC1[P+]2(F)F. The van der Waals surface area contributed by atoms with Gasteiger partial charge in [0.2, 0.25) is 0 Å². The number of carbonyl (C=O) groups is 2. The van der Waals surface area contributed by atoms with Gasteiger partial charge in [-0.1, -0.05) is 0 Å². The highest BCUT2D eigenvalue weighted by atomic mass is 31.2. The molecule has 4 nitrogen and oxygen atoms in total. The lowest BCUT2D eigenvalue weighted by Crippen LogP contribution is -2.35. The Balaban J connectivity index is 2.30. The molecule has 12 heavy (non-hydrogen) atoms. The lowest BCUT2D eigenvalue weighted by Gasteiger charge is -2.08. The molecule has 0 aliphatic carbocycles. The van der Waals surface area contributed by atoms with E-state index in [-0.39, 0.29) is 0 Å². The topological polar surface area (TPSA) is 52.6 Å². The van der Waals surface area contributed by atoms with E-state index in [0.717, 1.165) is 6.92 Å². The molecule has 0 radical (unpaired) electrons. The maximum Gasteiger partial charge on any atom is 0.488 e. The molecule has 0 aromatic rings. The summed E-state index contributed by atoms with van der Waals surface area (Å²) in [6.45, 7) is 1.08. The second-order valence-electron chi connectivity index (χ2n) is 2.76. The van der Waals surface area contributed by atoms with Gasteiger partial charge in [0, 0.05) is 6.92 Å². The molecule has 0 aromatic carbocycles. The molecular weight excluding hydrogens is 193 g/mol. The molecule has 0 saturated carbocycles. The summed E-state index contributed by atoms with van der Waals surface area (Å²) in [4.78, 5) is 21.0. The zero-order valence-corrected chi connectivity index (χ0v) is 6.81. The Morgan fingerprint density at radius 3 is 2.50 bits per heavy atom. The van der Waals surface area contributed by atoms with Gasteiger partial charge in [-0.2, -0.15) is 0 Å². The van der Waals surface area contributed by atoms with Crippen molar-refractivity contribution in [2.75, 3.05) is 0 Å². The maximum absolute atomic E-state index is 12.8. The number of carbonyl (C=O) groups excluding carboxylic acids is 2. The quantitative estimate of drug-likeness (QED) is 0.329. The van der Waals surface area contributed by atoms with E-state index in [1.54, 1.807) is 0 Å². The molecule has 0 N–H and O–H groups in total. The Morgan fingerprint density at radius 2 is 2.00 bits per heavy atom. The molecule has 7 heteroatoms. The van der Waals surface area contributed by atoms with Crippen molar-refractivity contribution >= 4 is 19.8 Å². The van der Waals surface area contributed by atoms with Crippen molar-refractivity contribution in [2.45, 2.75) is 18.1 Å². The van der Waals surface area contributed by atoms with E-state index in [4.69, 9.17) is 0 Å². The fourth-order valence-corrected chi connectivity index (χ4v) is 2.72. The molecular formula is C5H4F2O4P+. The number of fused-ring (bicyclic) bond motifs is 1. The van der Waals surface area contributed by atoms with Crippen LogP contribution >= 0.6 is 7.88 Å². The molecule has 0 bridgehead atoms. The summed E-state index contributed by atoms with van der Waals surface area (Å²) in [6, 6.07) is 0. The lowest BCUT2D eigenvalue weighted by atomic mass is 10.4. The number of hydrogen-bond acceptors (Lipinski definition) is 4. The standard InChI is InChI=1S/C5H4F2O4P/c1-5-4(12(5,6)7)10-2(8)3(9)11-5/h4H,1H3/q+1. The van der Waals surface area contributed by atoms with Gasteiger partial charge in [0.1, 0.15) is 0 Å². The van der Waals surface area contributed by atoms with Crippen molar-refractivity contribution in [3.05, 3.63) is 0 Å². The number of esters is 2. The second-order valence-corrected chi connectivity index (χ2v) is 5.23. The van der Waals surface area contributed by atoms with Gasteiger partial charge in [-0.25, -0.2) is 9.59 Å². The Bertz CT molecular complexity index is 291. The van der Waals surface area contributed by atoms with Gasteiger partial charge in [0.15, 0.2) is 0 Å². The summed E-state index contributed by atoms with van der Waals surface area (Å²) in [5.74, 6) is -4.14. The van der Waals surface area contributed by atoms with E-state index in [9.17, 15) is 18.0 Å². The highest BCUT2D eigenvalue weighted by Gasteiger charge is 3.00. The third kappa shape index (κ3) is 0.641. The largest absolute Gasteiger partial charge is 0.488 e. The first-order chi connectivity index (χ1) is 5.39. The van der Waals surface area contributed by atoms with E-state index in [1.807, 2.05) is 0 Å². The number of ether oxygens (including phenoxy) is 2. The van der Waals surface area contributed by atoms with Gasteiger partial charge >= 0.3 is 31.0 Å². The molecule has 2 heterocycles. The van der Waals surface area contributed by atoms with Crippen LogP contribution in [0.5, 0.6) is 0 Å². The monoisotopic (exact) mass is 197 g/mol. The van der Waals surface area contributed by atoms with Crippen molar-refractivity contribution in [2.24, 2.45) is 0 Å². The van der Waals surface area contributed by atoms with Crippen LogP contribution < -0.4 is 0 Å². The van der Waals surface area contributed by atoms with Crippen LogP contribution in [-0.2, 0) is 19.1 Å². The van der Waals surface area contributed by atoms with E-state index >= 15 is 0 Å². The molecule has 2 atom stereocenters. The fourth-order valence-electron chi connectivity index (χ4n) is 1.08. The van der Waals surface area contributed by atoms with E-state index < -0.39 is 31.0 Å². The molecule has 2 rings (SSSR count). The average Bonchev–Trinajstić information content (AvgIpc) is 2.33. The van der Waals surface area contributed by atoms with Crippen LogP contribution in [0.2, 0.25) is 0 Å². The van der Waals surface area contributed by atoms with Crippen molar-refractivity contribution in [1.29, 1.82) is 0 Å². The third-order valence-electron chi connectivity index (χ3n) is 1.96. The maximum atomic E-state index is 12.8. The highest BCUT2D eigenvalue weighted by molar-refractivity contribution is 7.75. The average molecular weight is 197 g/mol. The van der Waals surface area contributed by atoms with E-state index in [1.165, 1.54) is 0 Å². The molecule has 2 aliphatic heterocycles. The van der Waals surface area contributed by atoms with Crippen LogP contribution in [0.1, 0.15) is 6.92 Å². The summed E-state index contributed by atoms with van der Waals surface area (Å²) in [5, 5.41) is -1.82. The molecule has 0 amide bonds. The minimum Gasteiger partial charge on any atom is -0.404 e. The molecule has 66 valence electrons. The summed E-state index contributed by atoms with van der Waals surface area (Å²) in [5.41, 5.74) is 0. The zero-order valence-electron chi connectivity index (χ0n) is 5.91. The van der Waals surface area contributed by atoms with Gasteiger partial charge in [-0.3, -0.25) is 0 Å². The van der Waals surface area contributed by atoms with Crippen LogP contribution in [0.15, 0.2) is 0 Å². The smallest absolute Gasteiger partial charge is 0.404 e. The Morgan fingerprint density at radius 1 is 1.42 bits per heavy atom. The van der Waals surface area contributed by atoms with Gasteiger partial charge < -0.3 is 9.47 Å². The predicted molar refractivity (Wildman–Crippen MR) is 33.5 cm³/mol. The van der Waals surface area contributed by atoms with Crippen LogP contribution in [0, 0.1) is 0 Å². The molecule has 2 fully saturated rings. The zero-order chi connectivity index (χ0) is 9.15. The number of rotatable bonds is 0. The van der Waals surface area contributed by atoms with Crippen molar-refractivity contribution < 1.29 is 27.5 Å². The summed E-state index contributed by atoms with van der Waals surface area (Å²) in [6.07, 6.45) is 0. The van der Waals surface area contributed by atoms with Gasteiger partial charge in [0.05, 0.1) is 0 Å². The normalized spacial score (nSPS) is 42.8. The number of hydrogen-bond donors (Lipinski definition) is 0. The van der Waals surface area contributed by atoms with Crippen molar-refractivity contribution in [1.82, 2.24) is 0 Å². The van der Waals surface area contributed by atoms with Crippen LogP contribution in [0.25, 0.3) is 0 Å².